The number of carbonyl (C=O) groups excluding carboxylic acids is 1. The number of pyridine rings is 1. The average molecular weight is 416 g/mol. The van der Waals surface area contributed by atoms with Crippen molar-refractivity contribution in [2.75, 3.05) is 19.7 Å². The molecule has 0 saturated heterocycles. The molecule has 1 aromatic carbocycles. The summed E-state index contributed by atoms with van der Waals surface area (Å²) in [5, 5.41) is 2.87. The van der Waals surface area contributed by atoms with E-state index in [2.05, 4.69) is 10.3 Å². The van der Waals surface area contributed by atoms with E-state index in [1.54, 1.807) is 30.6 Å². The molecule has 8 heteroatoms. The highest BCUT2D eigenvalue weighted by Gasteiger charge is 2.12. The highest BCUT2D eigenvalue weighted by Crippen LogP contribution is 2.29. The second-order valence-electron chi connectivity index (χ2n) is 5.80. The number of nitrogens with zero attached hydrogens (tertiary/aromatic N) is 1. The Kier molecular flexibility index (Phi) is 12.2. The zero-order valence-electron chi connectivity index (χ0n) is 15.5. The van der Waals surface area contributed by atoms with Crippen molar-refractivity contribution in [1.29, 1.82) is 0 Å². The van der Waals surface area contributed by atoms with Gasteiger partial charge in [-0.15, -0.1) is 24.8 Å². The van der Waals surface area contributed by atoms with E-state index in [9.17, 15) is 4.79 Å². The zero-order chi connectivity index (χ0) is 18.1. The van der Waals surface area contributed by atoms with Gasteiger partial charge in [0.1, 0.15) is 6.61 Å². The van der Waals surface area contributed by atoms with Gasteiger partial charge in [0.05, 0.1) is 6.61 Å². The number of carbonyl (C=O) groups is 1. The van der Waals surface area contributed by atoms with E-state index in [0.717, 1.165) is 5.56 Å². The quantitative estimate of drug-likeness (QED) is 0.656. The number of rotatable bonds is 9. The normalized spacial score (nSPS) is 10.8. The standard InChI is InChI=1S/C19H25N3O3.2ClH/c1-3-24-18-9-16(19(23)22-11-14(2)10-20)6-7-17(18)25-13-15-5-4-8-21-12-15;;/h4-9,12,14H,3,10-11,13,20H2,1-2H3,(H,22,23);2*1H. The van der Waals surface area contributed by atoms with Crippen LogP contribution in [0.25, 0.3) is 0 Å². The van der Waals surface area contributed by atoms with E-state index in [1.165, 1.54) is 0 Å². The molecule has 1 amide bonds. The van der Waals surface area contributed by atoms with E-state index in [4.69, 9.17) is 15.2 Å². The Morgan fingerprint density at radius 1 is 1.22 bits per heavy atom. The van der Waals surface area contributed by atoms with Crippen molar-refractivity contribution < 1.29 is 14.3 Å². The minimum Gasteiger partial charge on any atom is -0.490 e. The third-order valence-corrected chi connectivity index (χ3v) is 3.64. The van der Waals surface area contributed by atoms with Crippen LogP contribution < -0.4 is 20.5 Å². The SMILES string of the molecule is CCOc1cc(C(=O)NCC(C)CN)ccc1OCc1cccnc1.Cl.Cl. The van der Waals surface area contributed by atoms with Crippen LogP contribution in [0.5, 0.6) is 11.5 Å². The molecule has 0 aliphatic carbocycles. The van der Waals surface area contributed by atoms with Crippen LogP contribution in [-0.4, -0.2) is 30.6 Å². The van der Waals surface area contributed by atoms with E-state index in [0.29, 0.717) is 43.4 Å². The van der Waals surface area contributed by atoms with E-state index in [1.807, 2.05) is 26.0 Å². The maximum atomic E-state index is 12.3. The smallest absolute Gasteiger partial charge is 0.251 e. The fourth-order valence-corrected chi connectivity index (χ4v) is 2.13. The molecule has 2 rings (SSSR count). The Bertz CT molecular complexity index is 687. The lowest BCUT2D eigenvalue weighted by Crippen LogP contribution is -2.31. The van der Waals surface area contributed by atoms with Gasteiger partial charge in [0.25, 0.3) is 5.91 Å². The number of nitrogens with one attached hydrogen (secondary N) is 1. The number of nitrogens with two attached hydrogens (primary N) is 1. The minimum absolute atomic E-state index is 0. The average Bonchev–Trinajstić information content (AvgIpc) is 2.65. The van der Waals surface area contributed by atoms with Crippen molar-refractivity contribution in [2.45, 2.75) is 20.5 Å². The molecule has 3 N–H and O–H groups in total. The maximum Gasteiger partial charge on any atom is 0.251 e. The van der Waals surface area contributed by atoms with Crippen LogP contribution in [0.2, 0.25) is 0 Å². The number of benzene rings is 1. The van der Waals surface area contributed by atoms with Crippen LogP contribution in [0.1, 0.15) is 29.8 Å². The molecule has 1 heterocycles. The predicted octanol–water partition coefficient (Wildman–Crippen LogP) is 3.23. The van der Waals surface area contributed by atoms with Gasteiger partial charge in [0, 0.05) is 30.1 Å². The predicted molar refractivity (Wildman–Crippen MR) is 111 cm³/mol. The maximum absolute atomic E-state index is 12.3. The van der Waals surface area contributed by atoms with Gasteiger partial charge in [0.15, 0.2) is 11.5 Å². The molecular formula is C19H27Cl2N3O3. The Labute approximate surface area is 172 Å². The van der Waals surface area contributed by atoms with E-state index in [-0.39, 0.29) is 36.6 Å². The van der Waals surface area contributed by atoms with Gasteiger partial charge < -0.3 is 20.5 Å². The molecule has 6 nitrogen and oxygen atoms in total. The highest BCUT2D eigenvalue weighted by molar-refractivity contribution is 5.94. The number of halogens is 2. The third kappa shape index (κ3) is 8.03. The lowest BCUT2D eigenvalue weighted by Gasteiger charge is -2.14. The molecule has 1 atom stereocenters. The van der Waals surface area contributed by atoms with Crippen molar-refractivity contribution in [1.82, 2.24) is 10.3 Å². The summed E-state index contributed by atoms with van der Waals surface area (Å²) in [5.74, 6) is 1.22. The summed E-state index contributed by atoms with van der Waals surface area (Å²) >= 11 is 0. The number of amides is 1. The molecule has 0 saturated carbocycles. The minimum atomic E-state index is -0.153. The molecule has 0 bridgehead atoms. The molecule has 0 fully saturated rings. The van der Waals surface area contributed by atoms with Gasteiger partial charge in [-0.05, 0) is 43.7 Å². The fourth-order valence-electron chi connectivity index (χ4n) is 2.13. The molecule has 1 aromatic heterocycles. The van der Waals surface area contributed by atoms with Crippen LogP contribution in [0.4, 0.5) is 0 Å². The second-order valence-corrected chi connectivity index (χ2v) is 5.80. The lowest BCUT2D eigenvalue weighted by molar-refractivity contribution is 0.0948. The van der Waals surface area contributed by atoms with Crippen molar-refractivity contribution in [3.63, 3.8) is 0 Å². The molecular weight excluding hydrogens is 389 g/mol. The van der Waals surface area contributed by atoms with Crippen LogP contribution in [0.3, 0.4) is 0 Å². The monoisotopic (exact) mass is 415 g/mol. The van der Waals surface area contributed by atoms with Gasteiger partial charge in [-0.2, -0.15) is 0 Å². The van der Waals surface area contributed by atoms with Crippen LogP contribution >= 0.6 is 24.8 Å². The first-order valence-electron chi connectivity index (χ1n) is 8.40. The van der Waals surface area contributed by atoms with Gasteiger partial charge in [-0.3, -0.25) is 9.78 Å². The van der Waals surface area contributed by atoms with Gasteiger partial charge in [0.2, 0.25) is 0 Å². The first-order chi connectivity index (χ1) is 12.1. The summed E-state index contributed by atoms with van der Waals surface area (Å²) in [6, 6.07) is 8.97. The number of hydrogen-bond donors (Lipinski definition) is 2. The Morgan fingerprint density at radius 3 is 2.63 bits per heavy atom. The first kappa shape index (κ1) is 25.0. The Balaban J connectivity index is 0.00000338. The Hall–Kier alpha value is -2.02. The van der Waals surface area contributed by atoms with Gasteiger partial charge in [-0.25, -0.2) is 0 Å². The summed E-state index contributed by atoms with van der Waals surface area (Å²) in [6.45, 7) is 5.82. The molecule has 0 spiro atoms. The van der Waals surface area contributed by atoms with Crippen LogP contribution in [0.15, 0.2) is 42.7 Å². The lowest BCUT2D eigenvalue weighted by atomic mass is 10.1. The molecule has 150 valence electrons. The van der Waals surface area contributed by atoms with Gasteiger partial charge >= 0.3 is 0 Å². The van der Waals surface area contributed by atoms with E-state index >= 15 is 0 Å². The van der Waals surface area contributed by atoms with Crippen molar-refractivity contribution in [3.05, 3.63) is 53.9 Å². The highest BCUT2D eigenvalue weighted by atomic mass is 35.5. The molecule has 27 heavy (non-hydrogen) atoms. The first-order valence-corrected chi connectivity index (χ1v) is 8.40. The fraction of sp³-hybridized carbons (Fsp3) is 0.368. The molecule has 0 radical (unpaired) electrons. The topological polar surface area (TPSA) is 86.5 Å². The van der Waals surface area contributed by atoms with Crippen molar-refractivity contribution >= 4 is 30.7 Å². The van der Waals surface area contributed by atoms with Crippen LogP contribution in [-0.2, 0) is 6.61 Å². The summed E-state index contributed by atoms with van der Waals surface area (Å²) in [7, 11) is 0. The van der Waals surface area contributed by atoms with E-state index < -0.39 is 0 Å². The molecule has 1 unspecified atom stereocenters. The molecule has 0 aliphatic rings. The van der Waals surface area contributed by atoms with Gasteiger partial charge in [-0.1, -0.05) is 13.0 Å². The second kappa shape index (κ2) is 13.2. The summed E-state index contributed by atoms with van der Waals surface area (Å²) in [5.41, 5.74) is 7.06. The number of aromatic nitrogens is 1. The van der Waals surface area contributed by atoms with Crippen molar-refractivity contribution in [2.24, 2.45) is 11.7 Å². The Morgan fingerprint density at radius 2 is 2.00 bits per heavy atom. The summed E-state index contributed by atoms with van der Waals surface area (Å²) in [4.78, 5) is 16.3. The number of ether oxygens (including phenoxy) is 2. The summed E-state index contributed by atoms with van der Waals surface area (Å²) < 4.78 is 11.4. The summed E-state index contributed by atoms with van der Waals surface area (Å²) in [6.07, 6.45) is 3.47. The zero-order valence-corrected chi connectivity index (χ0v) is 17.1. The largest absolute Gasteiger partial charge is 0.490 e. The number of hydrogen-bond acceptors (Lipinski definition) is 5. The molecule has 2 aromatic rings. The van der Waals surface area contributed by atoms with Crippen LogP contribution in [0, 0.1) is 5.92 Å². The van der Waals surface area contributed by atoms with Crippen molar-refractivity contribution in [3.8, 4) is 11.5 Å². The third-order valence-electron chi connectivity index (χ3n) is 3.64. The molecule has 0 aliphatic heterocycles.